The molecule has 1 aromatic rings. The molecule has 0 saturated heterocycles. The number of aliphatic hydroxyl groups is 1. The van der Waals surface area contributed by atoms with Gasteiger partial charge in [0.05, 0.1) is 25.9 Å². The molecule has 96 valence electrons. The second-order valence-electron chi connectivity index (χ2n) is 3.66. The van der Waals surface area contributed by atoms with Gasteiger partial charge < -0.3 is 14.6 Å². The van der Waals surface area contributed by atoms with Crippen molar-refractivity contribution in [2.75, 3.05) is 26.9 Å². The standard InChI is InChI=1S/C12H16ClFO3/c1-16-4-5-17-8-11(15)7-9-6-10(14)2-3-12(9)13/h2-3,6,11,15H,4-5,7-8H2,1H3. The minimum absolute atomic E-state index is 0.177. The molecule has 0 bridgehead atoms. The number of halogens is 2. The highest BCUT2D eigenvalue weighted by Crippen LogP contribution is 2.18. The fourth-order valence-corrected chi connectivity index (χ4v) is 1.57. The number of hydrogen-bond donors (Lipinski definition) is 1. The molecule has 1 N–H and O–H groups in total. The zero-order chi connectivity index (χ0) is 12.7. The van der Waals surface area contributed by atoms with Gasteiger partial charge in [-0.2, -0.15) is 0 Å². The second kappa shape index (κ2) is 7.61. The Bertz CT molecular complexity index is 347. The zero-order valence-electron chi connectivity index (χ0n) is 9.66. The SMILES string of the molecule is COCCOCC(O)Cc1cc(F)ccc1Cl. The van der Waals surface area contributed by atoms with Crippen LogP contribution in [0.3, 0.4) is 0 Å². The summed E-state index contributed by atoms with van der Waals surface area (Å²) in [6.07, 6.45) is -0.435. The van der Waals surface area contributed by atoms with Crippen molar-refractivity contribution in [2.24, 2.45) is 0 Å². The van der Waals surface area contributed by atoms with Gasteiger partial charge in [-0.05, 0) is 23.8 Å². The molecule has 17 heavy (non-hydrogen) atoms. The molecule has 0 aliphatic heterocycles. The van der Waals surface area contributed by atoms with Crippen molar-refractivity contribution in [3.8, 4) is 0 Å². The second-order valence-corrected chi connectivity index (χ2v) is 4.07. The Kier molecular flexibility index (Phi) is 6.44. The number of aliphatic hydroxyl groups excluding tert-OH is 1. The van der Waals surface area contributed by atoms with E-state index in [0.717, 1.165) is 0 Å². The van der Waals surface area contributed by atoms with Crippen molar-refractivity contribution >= 4 is 11.6 Å². The van der Waals surface area contributed by atoms with Gasteiger partial charge in [-0.25, -0.2) is 4.39 Å². The van der Waals surface area contributed by atoms with Crippen LogP contribution in [-0.4, -0.2) is 38.1 Å². The number of hydrogen-bond acceptors (Lipinski definition) is 3. The van der Waals surface area contributed by atoms with Crippen molar-refractivity contribution in [1.82, 2.24) is 0 Å². The van der Waals surface area contributed by atoms with E-state index in [1.54, 1.807) is 7.11 Å². The summed E-state index contributed by atoms with van der Waals surface area (Å²) in [7, 11) is 1.58. The molecular formula is C12H16ClFO3. The van der Waals surface area contributed by atoms with Gasteiger partial charge in [0.25, 0.3) is 0 Å². The number of ether oxygens (including phenoxy) is 2. The molecule has 0 fully saturated rings. The van der Waals surface area contributed by atoms with Crippen LogP contribution < -0.4 is 0 Å². The Morgan fingerprint density at radius 3 is 2.88 bits per heavy atom. The predicted octanol–water partition coefficient (Wildman–Crippen LogP) is 2.05. The monoisotopic (exact) mass is 262 g/mol. The molecule has 5 heteroatoms. The van der Waals surface area contributed by atoms with Gasteiger partial charge in [0.1, 0.15) is 5.82 Å². The fraction of sp³-hybridized carbons (Fsp3) is 0.500. The molecule has 0 aliphatic carbocycles. The molecule has 1 aromatic carbocycles. The summed E-state index contributed by atoms with van der Waals surface area (Å²) in [5, 5.41) is 10.1. The van der Waals surface area contributed by atoms with Crippen molar-refractivity contribution in [3.63, 3.8) is 0 Å². The van der Waals surface area contributed by atoms with Crippen LogP contribution in [0.15, 0.2) is 18.2 Å². The highest BCUT2D eigenvalue weighted by atomic mass is 35.5. The van der Waals surface area contributed by atoms with Gasteiger partial charge in [0, 0.05) is 18.6 Å². The van der Waals surface area contributed by atoms with E-state index >= 15 is 0 Å². The Labute approximate surface area is 105 Å². The first-order valence-corrected chi connectivity index (χ1v) is 5.70. The van der Waals surface area contributed by atoms with Gasteiger partial charge in [-0.3, -0.25) is 0 Å². The number of rotatable bonds is 7. The molecule has 3 nitrogen and oxygen atoms in total. The van der Waals surface area contributed by atoms with E-state index in [9.17, 15) is 9.50 Å². The molecule has 1 rings (SSSR count). The maximum atomic E-state index is 13.0. The Hall–Kier alpha value is -0.680. The van der Waals surface area contributed by atoms with Crippen molar-refractivity contribution in [3.05, 3.63) is 34.6 Å². The highest BCUT2D eigenvalue weighted by molar-refractivity contribution is 6.31. The molecule has 0 aromatic heterocycles. The summed E-state index contributed by atoms with van der Waals surface area (Å²) in [5.74, 6) is -0.364. The molecule has 0 heterocycles. The van der Waals surface area contributed by atoms with Crippen LogP contribution in [0, 0.1) is 5.82 Å². The topological polar surface area (TPSA) is 38.7 Å². The van der Waals surface area contributed by atoms with Crippen LogP contribution in [-0.2, 0) is 15.9 Å². The Balaban J connectivity index is 2.39. The van der Waals surface area contributed by atoms with Crippen molar-refractivity contribution in [1.29, 1.82) is 0 Å². The normalized spacial score (nSPS) is 12.7. The summed E-state index contributed by atoms with van der Waals surface area (Å²) in [4.78, 5) is 0. The lowest BCUT2D eigenvalue weighted by molar-refractivity contribution is 0.0137. The van der Waals surface area contributed by atoms with E-state index < -0.39 is 6.10 Å². The van der Waals surface area contributed by atoms with Gasteiger partial charge in [-0.15, -0.1) is 0 Å². The van der Waals surface area contributed by atoms with E-state index in [1.165, 1.54) is 18.2 Å². The fourth-order valence-electron chi connectivity index (χ4n) is 1.37. The van der Waals surface area contributed by atoms with E-state index in [0.29, 0.717) is 23.8 Å². The third kappa shape index (κ3) is 5.46. The molecule has 0 saturated carbocycles. The average molecular weight is 263 g/mol. The molecule has 1 unspecified atom stereocenters. The Morgan fingerprint density at radius 2 is 2.18 bits per heavy atom. The first-order valence-electron chi connectivity index (χ1n) is 5.32. The van der Waals surface area contributed by atoms with Crippen molar-refractivity contribution in [2.45, 2.75) is 12.5 Å². The molecule has 0 aliphatic rings. The third-order valence-corrected chi connectivity index (χ3v) is 2.57. The van der Waals surface area contributed by atoms with E-state index in [2.05, 4.69) is 0 Å². The van der Waals surface area contributed by atoms with Crippen LogP contribution in [0.25, 0.3) is 0 Å². The summed E-state index contributed by atoms with van der Waals surface area (Å²) in [5.41, 5.74) is 0.578. The summed E-state index contributed by atoms with van der Waals surface area (Å²) in [6.45, 7) is 1.08. The minimum Gasteiger partial charge on any atom is -0.390 e. The summed E-state index contributed by atoms with van der Waals surface area (Å²) < 4.78 is 22.9. The maximum absolute atomic E-state index is 13.0. The summed E-state index contributed by atoms with van der Waals surface area (Å²) in [6, 6.07) is 4.08. The van der Waals surface area contributed by atoms with Crippen LogP contribution in [0.5, 0.6) is 0 Å². The quantitative estimate of drug-likeness (QED) is 0.765. The van der Waals surface area contributed by atoms with Crippen LogP contribution in [0.4, 0.5) is 4.39 Å². The van der Waals surface area contributed by atoms with E-state index in [-0.39, 0.29) is 18.8 Å². The van der Waals surface area contributed by atoms with Gasteiger partial charge in [0.15, 0.2) is 0 Å². The molecule has 0 amide bonds. The lowest BCUT2D eigenvalue weighted by Gasteiger charge is -2.12. The first kappa shape index (κ1) is 14.4. The van der Waals surface area contributed by atoms with E-state index in [1.807, 2.05) is 0 Å². The largest absolute Gasteiger partial charge is 0.390 e. The first-order chi connectivity index (χ1) is 8.13. The summed E-state index contributed by atoms with van der Waals surface area (Å²) >= 11 is 5.89. The molecular weight excluding hydrogens is 247 g/mol. The van der Waals surface area contributed by atoms with Crippen LogP contribution >= 0.6 is 11.6 Å². The smallest absolute Gasteiger partial charge is 0.123 e. The number of methoxy groups -OCH3 is 1. The van der Waals surface area contributed by atoms with E-state index in [4.69, 9.17) is 21.1 Å². The van der Waals surface area contributed by atoms with Gasteiger partial charge in [0.2, 0.25) is 0 Å². The third-order valence-electron chi connectivity index (χ3n) is 2.21. The van der Waals surface area contributed by atoms with Crippen LogP contribution in [0.2, 0.25) is 5.02 Å². The maximum Gasteiger partial charge on any atom is 0.123 e. The minimum atomic E-state index is -0.703. The number of benzene rings is 1. The van der Waals surface area contributed by atoms with Gasteiger partial charge >= 0.3 is 0 Å². The lowest BCUT2D eigenvalue weighted by Crippen LogP contribution is -2.19. The van der Waals surface area contributed by atoms with Crippen LogP contribution in [0.1, 0.15) is 5.56 Å². The molecule has 0 spiro atoms. The Morgan fingerprint density at radius 1 is 1.41 bits per heavy atom. The average Bonchev–Trinajstić information content (AvgIpc) is 2.29. The van der Waals surface area contributed by atoms with Gasteiger partial charge in [-0.1, -0.05) is 11.6 Å². The molecule has 0 radical (unpaired) electrons. The van der Waals surface area contributed by atoms with Crippen molar-refractivity contribution < 1.29 is 19.0 Å². The lowest BCUT2D eigenvalue weighted by atomic mass is 10.1. The highest BCUT2D eigenvalue weighted by Gasteiger charge is 2.09. The molecule has 1 atom stereocenters. The predicted molar refractivity (Wildman–Crippen MR) is 63.8 cm³/mol. The zero-order valence-corrected chi connectivity index (χ0v) is 10.4.